The van der Waals surface area contributed by atoms with Crippen LogP contribution in [0.15, 0.2) is 108 Å². The van der Waals surface area contributed by atoms with Gasteiger partial charge in [-0.05, 0) is 49.4 Å². The minimum Gasteiger partial charge on any atom is -0.496 e. The molecule has 0 fully saturated rings. The normalized spacial score (nSPS) is 12.5. The van der Waals surface area contributed by atoms with Crippen LogP contribution in [0.3, 0.4) is 0 Å². The van der Waals surface area contributed by atoms with Crippen molar-refractivity contribution in [2.24, 2.45) is 0 Å². The molecule has 0 radical (unpaired) electrons. The maximum absolute atomic E-state index is 14.6. The van der Waals surface area contributed by atoms with E-state index in [1.807, 2.05) is 0 Å². The number of benzene rings is 3. The lowest BCUT2D eigenvalue weighted by atomic mass is 10.2. The van der Waals surface area contributed by atoms with Crippen molar-refractivity contribution in [3.63, 3.8) is 0 Å². The van der Waals surface area contributed by atoms with Crippen LogP contribution in [-0.4, -0.2) is 20.5 Å². The largest absolute Gasteiger partial charge is 0.496 e. The second-order valence-electron chi connectivity index (χ2n) is 7.73. The quantitative estimate of drug-likeness (QED) is 0.264. The number of hydrogen-bond donors (Lipinski definition) is 1. The third-order valence-electron chi connectivity index (χ3n) is 5.11. The Hall–Kier alpha value is -3.65. The number of methoxy groups -OCH3 is 1. The van der Waals surface area contributed by atoms with Gasteiger partial charge in [-0.25, -0.2) is 18.0 Å². The summed E-state index contributed by atoms with van der Waals surface area (Å²) in [7, 11) is -7.20. The summed E-state index contributed by atoms with van der Waals surface area (Å²) < 4.78 is 61.5. The van der Waals surface area contributed by atoms with Crippen LogP contribution in [0.4, 0.5) is 0 Å². The van der Waals surface area contributed by atoms with E-state index in [9.17, 15) is 13.0 Å². The van der Waals surface area contributed by atoms with Crippen molar-refractivity contribution in [2.45, 2.75) is 17.7 Å². The summed E-state index contributed by atoms with van der Waals surface area (Å²) in [6.07, 6.45) is 0. The van der Waals surface area contributed by atoms with Gasteiger partial charge in [0.2, 0.25) is 0 Å². The van der Waals surface area contributed by atoms with Gasteiger partial charge in [0.05, 0.1) is 7.11 Å². The Balaban J connectivity index is 1.88. The van der Waals surface area contributed by atoms with E-state index in [0.717, 1.165) is 0 Å². The number of sulfonamides is 1. The molecule has 36 heavy (non-hydrogen) atoms. The highest BCUT2D eigenvalue weighted by Gasteiger charge is 2.45. The number of pyridine rings is 1. The molecule has 1 heterocycles. The molecular weight excluding hydrogens is 499 g/mol. The zero-order valence-corrected chi connectivity index (χ0v) is 21.4. The van der Waals surface area contributed by atoms with Crippen LogP contribution in [0, 0.1) is 6.92 Å². The molecule has 0 amide bonds. The van der Waals surface area contributed by atoms with E-state index in [4.69, 9.17) is 13.8 Å². The molecule has 0 aliphatic rings. The van der Waals surface area contributed by atoms with E-state index in [0.29, 0.717) is 11.4 Å². The number of rotatable bonds is 10. The van der Waals surface area contributed by atoms with Gasteiger partial charge in [0, 0.05) is 11.3 Å². The molecule has 4 rings (SSSR count). The maximum atomic E-state index is 14.6. The zero-order valence-electron chi connectivity index (χ0n) is 19.6. The Morgan fingerprint density at radius 2 is 1.33 bits per heavy atom. The molecule has 1 atom stereocenters. The molecule has 8 nitrogen and oxygen atoms in total. The first-order valence-electron chi connectivity index (χ1n) is 11.0. The molecule has 0 bridgehead atoms. The number of ether oxygens (including phenoxy) is 1. The molecule has 0 unspecified atom stereocenters. The summed E-state index contributed by atoms with van der Waals surface area (Å²) in [5.41, 5.74) is 0.780. The van der Waals surface area contributed by atoms with Crippen molar-refractivity contribution in [1.82, 2.24) is 9.71 Å². The first-order valence-corrected chi connectivity index (χ1v) is 14.1. The second kappa shape index (κ2) is 11.0. The second-order valence-corrected chi connectivity index (χ2v) is 11.4. The van der Waals surface area contributed by atoms with Crippen molar-refractivity contribution in [1.29, 1.82) is 0 Å². The number of aryl methyl sites for hydroxylation is 1. The summed E-state index contributed by atoms with van der Waals surface area (Å²) in [4.78, 5) is 4.13. The number of aromatic nitrogens is 1. The number of para-hydroxylation sites is 3. The Morgan fingerprint density at radius 1 is 0.778 bits per heavy atom. The lowest BCUT2D eigenvalue weighted by Gasteiger charge is -2.29. The maximum Gasteiger partial charge on any atom is 0.453 e. The first-order chi connectivity index (χ1) is 17.3. The highest BCUT2D eigenvalue weighted by Crippen LogP contribution is 2.60. The summed E-state index contributed by atoms with van der Waals surface area (Å²) in [5.74, 6) is -0.702. The zero-order chi connectivity index (χ0) is 25.6. The van der Waals surface area contributed by atoms with Crippen LogP contribution in [0.2, 0.25) is 0 Å². The van der Waals surface area contributed by atoms with Crippen LogP contribution >= 0.6 is 7.60 Å². The van der Waals surface area contributed by atoms with Crippen molar-refractivity contribution in [2.75, 3.05) is 7.11 Å². The van der Waals surface area contributed by atoms with E-state index in [1.165, 1.54) is 13.2 Å². The van der Waals surface area contributed by atoms with Crippen molar-refractivity contribution in [3.8, 4) is 17.2 Å². The van der Waals surface area contributed by atoms with Gasteiger partial charge in [-0.3, -0.25) is 0 Å². The van der Waals surface area contributed by atoms with E-state index in [-0.39, 0.29) is 22.1 Å². The standard InChI is InChI=1S/C26H25N2O6PS/c1-20-12-11-19-25(27-20)36(30,31)28-26(23-17-9-10-18-24(23)32-2)35(29,33-21-13-5-3-6-14-21)34-22-15-7-4-8-16-22/h3-19,26,28H,1-2H3/t26-/m1/s1. The summed E-state index contributed by atoms with van der Waals surface area (Å²) in [6, 6.07) is 28.1. The smallest absolute Gasteiger partial charge is 0.453 e. The Bertz CT molecular complexity index is 1420. The van der Waals surface area contributed by atoms with Gasteiger partial charge < -0.3 is 13.8 Å². The Morgan fingerprint density at radius 3 is 1.89 bits per heavy atom. The van der Waals surface area contributed by atoms with Crippen molar-refractivity contribution in [3.05, 3.63) is 114 Å². The minimum absolute atomic E-state index is 0.228. The van der Waals surface area contributed by atoms with Crippen LogP contribution < -0.4 is 18.5 Å². The molecular formula is C26H25N2O6PS. The lowest BCUT2D eigenvalue weighted by Crippen LogP contribution is -2.32. The van der Waals surface area contributed by atoms with Crippen LogP contribution in [0.5, 0.6) is 17.2 Å². The van der Waals surface area contributed by atoms with Gasteiger partial charge >= 0.3 is 7.60 Å². The van der Waals surface area contributed by atoms with E-state index < -0.39 is 23.4 Å². The van der Waals surface area contributed by atoms with Crippen LogP contribution in [0.25, 0.3) is 0 Å². The average Bonchev–Trinajstić information content (AvgIpc) is 2.88. The SMILES string of the molecule is COc1ccccc1[C@H](NS(=O)(=O)c1cccc(C)n1)P(=O)(Oc1ccccc1)Oc1ccccc1. The fourth-order valence-corrected chi connectivity index (χ4v) is 7.08. The lowest BCUT2D eigenvalue weighted by molar-refractivity contribution is 0.362. The molecule has 10 heteroatoms. The van der Waals surface area contributed by atoms with Crippen LogP contribution in [-0.2, 0) is 14.6 Å². The third-order valence-corrected chi connectivity index (χ3v) is 8.58. The predicted molar refractivity (Wildman–Crippen MR) is 137 cm³/mol. The predicted octanol–water partition coefficient (Wildman–Crippen LogP) is 5.73. The molecule has 4 aromatic rings. The topological polar surface area (TPSA) is 104 Å². The number of hydrogen-bond acceptors (Lipinski definition) is 7. The summed E-state index contributed by atoms with van der Waals surface area (Å²) >= 11 is 0. The molecule has 0 aliphatic heterocycles. The molecule has 3 aromatic carbocycles. The van der Waals surface area contributed by atoms with Gasteiger partial charge in [0.25, 0.3) is 10.0 Å². The van der Waals surface area contributed by atoms with Gasteiger partial charge in [0.1, 0.15) is 17.2 Å². The number of nitrogens with zero attached hydrogens (tertiary/aromatic N) is 1. The van der Waals surface area contributed by atoms with Crippen molar-refractivity contribution >= 4 is 17.6 Å². The summed E-state index contributed by atoms with van der Waals surface area (Å²) in [5, 5.41) is -0.228. The highest BCUT2D eigenvalue weighted by molar-refractivity contribution is 7.89. The van der Waals surface area contributed by atoms with Gasteiger partial charge in [0.15, 0.2) is 10.8 Å². The monoisotopic (exact) mass is 524 g/mol. The van der Waals surface area contributed by atoms with Crippen molar-refractivity contribution < 1.29 is 26.8 Å². The third kappa shape index (κ3) is 5.94. The molecule has 0 saturated heterocycles. The Kier molecular flexibility index (Phi) is 7.74. The first kappa shape index (κ1) is 25.4. The van der Waals surface area contributed by atoms with Gasteiger partial charge in [-0.1, -0.05) is 60.7 Å². The molecule has 186 valence electrons. The molecule has 0 saturated carbocycles. The van der Waals surface area contributed by atoms with E-state index in [2.05, 4.69) is 9.71 Å². The van der Waals surface area contributed by atoms with Gasteiger partial charge in [-0.2, -0.15) is 4.72 Å². The van der Waals surface area contributed by atoms with Gasteiger partial charge in [-0.15, -0.1) is 0 Å². The number of nitrogens with one attached hydrogen (secondary N) is 1. The fraction of sp³-hybridized carbons (Fsp3) is 0.115. The minimum atomic E-state index is -4.36. The Labute approximate surface area is 210 Å². The molecule has 0 aliphatic carbocycles. The highest BCUT2D eigenvalue weighted by atomic mass is 32.2. The summed E-state index contributed by atoms with van der Waals surface area (Å²) in [6.45, 7) is 1.68. The van der Waals surface area contributed by atoms with Crippen LogP contribution in [0.1, 0.15) is 17.0 Å². The van der Waals surface area contributed by atoms with E-state index in [1.54, 1.807) is 104 Å². The molecule has 0 spiro atoms. The average molecular weight is 525 g/mol. The van der Waals surface area contributed by atoms with E-state index >= 15 is 0 Å². The fourth-order valence-electron chi connectivity index (χ4n) is 3.45. The molecule has 1 N–H and O–H groups in total. The molecule has 1 aromatic heterocycles.